The third-order valence-corrected chi connectivity index (χ3v) is 2.71. The van der Waals surface area contributed by atoms with Gasteiger partial charge in [0.2, 0.25) is 0 Å². The number of rotatable bonds is 3. The van der Waals surface area contributed by atoms with E-state index in [-0.39, 0.29) is 11.7 Å². The summed E-state index contributed by atoms with van der Waals surface area (Å²) in [5, 5.41) is 12.4. The first kappa shape index (κ1) is 12.2. The van der Waals surface area contributed by atoms with E-state index in [1.54, 1.807) is 24.3 Å². The summed E-state index contributed by atoms with van der Waals surface area (Å²) in [7, 11) is 0. The molecule has 3 heteroatoms. The van der Waals surface area contributed by atoms with Gasteiger partial charge in [-0.15, -0.1) is 0 Å². The minimum atomic E-state index is -0.137. The summed E-state index contributed by atoms with van der Waals surface area (Å²) in [4.78, 5) is 11.9. The fourth-order valence-corrected chi connectivity index (χ4v) is 1.72. The first-order valence-corrected chi connectivity index (χ1v) is 5.78. The average Bonchev–Trinajstić information content (AvgIpc) is 2.37. The van der Waals surface area contributed by atoms with Gasteiger partial charge in [-0.3, -0.25) is 4.79 Å². The topological polar surface area (TPSA) is 49.3 Å². The van der Waals surface area contributed by atoms with Crippen LogP contribution in [0.5, 0.6) is 5.75 Å². The first-order valence-electron chi connectivity index (χ1n) is 5.78. The van der Waals surface area contributed by atoms with Gasteiger partial charge in [-0.2, -0.15) is 0 Å². The van der Waals surface area contributed by atoms with E-state index in [4.69, 9.17) is 0 Å². The van der Waals surface area contributed by atoms with E-state index in [0.717, 1.165) is 5.56 Å². The number of aryl methyl sites for hydroxylation is 1. The molecule has 2 aromatic rings. The summed E-state index contributed by atoms with van der Waals surface area (Å²) >= 11 is 0. The molecule has 0 unspecified atom stereocenters. The number of hydrogen-bond donors (Lipinski definition) is 2. The number of benzene rings is 2. The quantitative estimate of drug-likeness (QED) is 0.867. The molecular weight excluding hydrogens is 226 g/mol. The van der Waals surface area contributed by atoms with Crippen molar-refractivity contribution in [2.24, 2.45) is 0 Å². The van der Waals surface area contributed by atoms with Crippen LogP contribution in [0.25, 0.3) is 0 Å². The molecule has 0 spiro atoms. The Morgan fingerprint density at radius 3 is 2.67 bits per heavy atom. The maximum atomic E-state index is 11.9. The molecule has 2 N–H and O–H groups in total. The zero-order valence-electron chi connectivity index (χ0n) is 10.2. The first-order chi connectivity index (χ1) is 8.66. The number of aromatic hydroxyl groups is 1. The van der Waals surface area contributed by atoms with Crippen LogP contribution in [0, 0.1) is 6.92 Å². The number of para-hydroxylation sites is 1. The van der Waals surface area contributed by atoms with Crippen molar-refractivity contribution >= 4 is 5.91 Å². The van der Waals surface area contributed by atoms with E-state index >= 15 is 0 Å². The summed E-state index contributed by atoms with van der Waals surface area (Å²) in [5.41, 5.74) is 2.38. The molecule has 0 atom stereocenters. The molecule has 2 aromatic carbocycles. The molecule has 3 nitrogen and oxygen atoms in total. The fourth-order valence-electron chi connectivity index (χ4n) is 1.72. The number of phenolic OH excluding ortho intramolecular Hbond substituents is 1. The van der Waals surface area contributed by atoms with Crippen molar-refractivity contribution in [3.63, 3.8) is 0 Å². The molecule has 0 bridgehead atoms. The maximum Gasteiger partial charge on any atom is 0.251 e. The molecule has 18 heavy (non-hydrogen) atoms. The highest BCUT2D eigenvalue weighted by molar-refractivity contribution is 5.94. The number of amides is 1. The Balaban J connectivity index is 2.03. The van der Waals surface area contributed by atoms with Crippen molar-refractivity contribution in [2.75, 3.05) is 0 Å². The van der Waals surface area contributed by atoms with Crippen molar-refractivity contribution in [3.05, 3.63) is 65.2 Å². The lowest BCUT2D eigenvalue weighted by Gasteiger charge is -2.07. The molecule has 0 aliphatic rings. The maximum absolute atomic E-state index is 11.9. The van der Waals surface area contributed by atoms with Crippen LogP contribution in [-0.4, -0.2) is 11.0 Å². The zero-order valence-corrected chi connectivity index (χ0v) is 10.2. The Morgan fingerprint density at radius 1 is 1.17 bits per heavy atom. The van der Waals surface area contributed by atoms with Crippen LogP contribution in [0.1, 0.15) is 21.5 Å². The Hall–Kier alpha value is -2.29. The van der Waals surface area contributed by atoms with Gasteiger partial charge in [0.25, 0.3) is 5.91 Å². The number of nitrogens with one attached hydrogen (secondary N) is 1. The molecule has 2 rings (SSSR count). The predicted octanol–water partition coefficient (Wildman–Crippen LogP) is 2.63. The average molecular weight is 241 g/mol. The number of phenols is 1. The van der Waals surface area contributed by atoms with Crippen LogP contribution >= 0.6 is 0 Å². The molecule has 92 valence electrons. The monoisotopic (exact) mass is 241 g/mol. The minimum Gasteiger partial charge on any atom is -0.508 e. The fraction of sp³-hybridized carbons (Fsp3) is 0.133. The highest BCUT2D eigenvalue weighted by atomic mass is 16.3. The molecule has 0 radical (unpaired) electrons. The molecule has 0 saturated carbocycles. The van der Waals surface area contributed by atoms with Crippen LogP contribution < -0.4 is 5.32 Å². The van der Waals surface area contributed by atoms with Gasteiger partial charge in [0.15, 0.2) is 0 Å². The van der Waals surface area contributed by atoms with Gasteiger partial charge in [-0.1, -0.05) is 35.9 Å². The largest absolute Gasteiger partial charge is 0.508 e. The molecule has 0 fully saturated rings. The minimum absolute atomic E-state index is 0.137. The van der Waals surface area contributed by atoms with Crippen LogP contribution in [-0.2, 0) is 6.54 Å². The molecule has 1 amide bonds. The van der Waals surface area contributed by atoms with Gasteiger partial charge in [-0.05, 0) is 25.1 Å². The second-order valence-corrected chi connectivity index (χ2v) is 4.18. The number of carbonyl (C=O) groups excluding carboxylic acids is 1. The van der Waals surface area contributed by atoms with Gasteiger partial charge < -0.3 is 10.4 Å². The van der Waals surface area contributed by atoms with Crippen molar-refractivity contribution in [3.8, 4) is 5.75 Å². The van der Waals surface area contributed by atoms with Crippen LogP contribution in [0.15, 0.2) is 48.5 Å². The Morgan fingerprint density at radius 2 is 1.94 bits per heavy atom. The van der Waals surface area contributed by atoms with Crippen molar-refractivity contribution in [2.45, 2.75) is 13.5 Å². The number of carbonyl (C=O) groups is 1. The SMILES string of the molecule is Cc1cccc(C(=O)NCc2ccccc2O)c1. The summed E-state index contributed by atoms with van der Waals surface area (Å²) in [6, 6.07) is 14.4. The highest BCUT2D eigenvalue weighted by Crippen LogP contribution is 2.15. The molecule has 0 saturated heterocycles. The summed E-state index contributed by atoms with van der Waals surface area (Å²) in [6.07, 6.45) is 0. The second-order valence-electron chi connectivity index (χ2n) is 4.18. The van der Waals surface area contributed by atoms with Crippen LogP contribution in [0.3, 0.4) is 0 Å². The Labute approximate surface area is 106 Å². The third-order valence-electron chi connectivity index (χ3n) is 2.71. The van der Waals surface area contributed by atoms with Crippen molar-refractivity contribution in [1.82, 2.24) is 5.32 Å². The molecule has 0 heterocycles. The summed E-state index contributed by atoms with van der Waals surface area (Å²) in [5.74, 6) is 0.0593. The normalized spacial score (nSPS) is 10.1. The number of hydrogen-bond acceptors (Lipinski definition) is 2. The van der Waals surface area contributed by atoms with E-state index < -0.39 is 0 Å². The van der Waals surface area contributed by atoms with E-state index in [1.165, 1.54) is 0 Å². The summed E-state index contributed by atoms with van der Waals surface area (Å²) in [6.45, 7) is 2.26. The lowest BCUT2D eigenvalue weighted by molar-refractivity contribution is 0.0950. The summed E-state index contributed by atoms with van der Waals surface area (Å²) < 4.78 is 0. The van der Waals surface area contributed by atoms with Gasteiger partial charge in [-0.25, -0.2) is 0 Å². The standard InChI is InChI=1S/C15H15NO2/c1-11-5-4-7-12(9-11)15(18)16-10-13-6-2-3-8-14(13)17/h2-9,17H,10H2,1H3,(H,16,18). The van der Waals surface area contributed by atoms with E-state index in [2.05, 4.69) is 5.32 Å². The molecule has 0 aliphatic heterocycles. The lowest BCUT2D eigenvalue weighted by atomic mass is 10.1. The van der Waals surface area contributed by atoms with Gasteiger partial charge in [0.1, 0.15) is 5.75 Å². The Bertz CT molecular complexity index is 564. The van der Waals surface area contributed by atoms with Gasteiger partial charge in [0.05, 0.1) is 0 Å². The van der Waals surface area contributed by atoms with Crippen LogP contribution in [0.2, 0.25) is 0 Å². The van der Waals surface area contributed by atoms with E-state index in [0.29, 0.717) is 17.7 Å². The molecule has 0 aliphatic carbocycles. The lowest BCUT2D eigenvalue weighted by Crippen LogP contribution is -2.22. The van der Waals surface area contributed by atoms with Crippen molar-refractivity contribution in [1.29, 1.82) is 0 Å². The smallest absolute Gasteiger partial charge is 0.251 e. The van der Waals surface area contributed by atoms with Crippen LogP contribution in [0.4, 0.5) is 0 Å². The third kappa shape index (κ3) is 2.88. The molecular formula is C15H15NO2. The van der Waals surface area contributed by atoms with E-state index in [9.17, 15) is 9.90 Å². The molecule has 0 aromatic heterocycles. The Kier molecular flexibility index (Phi) is 3.63. The van der Waals surface area contributed by atoms with Gasteiger partial charge in [0, 0.05) is 17.7 Å². The van der Waals surface area contributed by atoms with E-state index in [1.807, 2.05) is 31.2 Å². The van der Waals surface area contributed by atoms with Gasteiger partial charge >= 0.3 is 0 Å². The predicted molar refractivity (Wildman–Crippen MR) is 70.5 cm³/mol. The van der Waals surface area contributed by atoms with Crippen molar-refractivity contribution < 1.29 is 9.90 Å². The zero-order chi connectivity index (χ0) is 13.0. The highest BCUT2D eigenvalue weighted by Gasteiger charge is 2.06. The second kappa shape index (κ2) is 5.36.